The Kier molecular flexibility index (Phi) is 2.56. The molecule has 0 radical (unpaired) electrons. The summed E-state index contributed by atoms with van der Waals surface area (Å²) in [6.45, 7) is 0. The smallest absolute Gasteiger partial charge is 0.249 e. The van der Waals surface area contributed by atoms with Gasteiger partial charge < -0.3 is 0 Å². The molecular weight excluding hydrogens is 272 g/mol. The van der Waals surface area contributed by atoms with Crippen molar-refractivity contribution in [3.8, 4) is 10.6 Å². The van der Waals surface area contributed by atoms with E-state index in [2.05, 4.69) is 15.4 Å². The Morgan fingerprint density at radius 2 is 2.20 bits per heavy atom. The summed E-state index contributed by atoms with van der Waals surface area (Å²) in [5.41, 5.74) is 1.72. The normalized spacial score (nSPS) is 14.6. The van der Waals surface area contributed by atoms with Crippen LogP contribution in [0.1, 0.15) is 12.8 Å². The van der Waals surface area contributed by atoms with Gasteiger partial charge in [0.25, 0.3) is 0 Å². The van der Waals surface area contributed by atoms with Gasteiger partial charge >= 0.3 is 0 Å². The molecule has 0 aliphatic heterocycles. The van der Waals surface area contributed by atoms with E-state index in [9.17, 15) is 4.79 Å². The quantitative estimate of drug-likeness (QED) is 0.804. The average Bonchev–Trinajstić information content (AvgIpc) is 3.00. The number of thiophene rings is 1. The number of rotatable bonds is 3. The van der Waals surface area contributed by atoms with E-state index in [-0.39, 0.29) is 11.8 Å². The van der Waals surface area contributed by atoms with Crippen LogP contribution < -0.4 is 5.32 Å². The molecule has 1 fully saturated rings. The molecule has 5 nitrogen and oxygen atoms in total. The molecule has 1 saturated carbocycles. The van der Waals surface area contributed by atoms with Gasteiger partial charge in [0.15, 0.2) is 5.65 Å². The number of aromatic nitrogens is 3. The molecule has 6 heteroatoms. The molecule has 100 valence electrons. The van der Waals surface area contributed by atoms with E-state index in [0.717, 1.165) is 29.1 Å². The first-order valence-corrected chi connectivity index (χ1v) is 7.40. The van der Waals surface area contributed by atoms with Crippen LogP contribution in [0.4, 0.5) is 5.95 Å². The highest BCUT2D eigenvalue weighted by atomic mass is 32.1. The molecule has 0 spiro atoms. The lowest BCUT2D eigenvalue weighted by atomic mass is 10.3. The summed E-state index contributed by atoms with van der Waals surface area (Å²) in [5, 5.41) is 9.21. The lowest BCUT2D eigenvalue weighted by molar-refractivity contribution is -0.117. The number of anilines is 1. The second-order valence-corrected chi connectivity index (χ2v) is 5.80. The fourth-order valence-electron chi connectivity index (χ4n) is 2.13. The van der Waals surface area contributed by atoms with Gasteiger partial charge in [0.2, 0.25) is 11.9 Å². The summed E-state index contributed by atoms with van der Waals surface area (Å²) in [7, 11) is 0. The van der Waals surface area contributed by atoms with Crippen molar-refractivity contribution in [1.82, 2.24) is 14.6 Å². The van der Waals surface area contributed by atoms with Gasteiger partial charge in [-0.3, -0.25) is 10.1 Å². The van der Waals surface area contributed by atoms with Crippen molar-refractivity contribution in [2.24, 2.45) is 5.92 Å². The Balaban J connectivity index is 1.75. The van der Waals surface area contributed by atoms with Crippen LogP contribution in [0.3, 0.4) is 0 Å². The third-order valence-electron chi connectivity index (χ3n) is 3.32. The zero-order chi connectivity index (χ0) is 13.5. The highest BCUT2D eigenvalue weighted by molar-refractivity contribution is 7.13. The summed E-state index contributed by atoms with van der Waals surface area (Å²) in [5.74, 6) is 0.558. The fraction of sp³-hybridized carbons (Fsp3) is 0.214. The molecule has 4 rings (SSSR count). The van der Waals surface area contributed by atoms with Crippen LogP contribution in [0, 0.1) is 5.92 Å². The molecule has 0 bridgehead atoms. The van der Waals surface area contributed by atoms with Crippen LogP contribution in [0.15, 0.2) is 35.7 Å². The highest BCUT2D eigenvalue weighted by Gasteiger charge is 2.30. The maximum atomic E-state index is 11.8. The minimum Gasteiger partial charge on any atom is -0.293 e. The summed E-state index contributed by atoms with van der Waals surface area (Å²) in [4.78, 5) is 17.3. The number of pyridine rings is 1. The molecular formula is C14H12N4OS. The van der Waals surface area contributed by atoms with Crippen molar-refractivity contribution in [2.45, 2.75) is 12.8 Å². The Morgan fingerprint density at radius 1 is 1.30 bits per heavy atom. The predicted molar refractivity (Wildman–Crippen MR) is 77.7 cm³/mol. The number of carbonyl (C=O) groups is 1. The van der Waals surface area contributed by atoms with Crippen LogP contribution in [0.5, 0.6) is 0 Å². The molecule has 1 amide bonds. The van der Waals surface area contributed by atoms with Gasteiger partial charge in [-0.15, -0.1) is 16.4 Å². The molecule has 3 heterocycles. The lowest BCUT2D eigenvalue weighted by Gasteiger charge is -2.00. The van der Waals surface area contributed by atoms with Crippen molar-refractivity contribution in [1.29, 1.82) is 0 Å². The summed E-state index contributed by atoms with van der Waals surface area (Å²) in [6, 6.07) is 9.89. The first-order valence-electron chi connectivity index (χ1n) is 6.52. The van der Waals surface area contributed by atoms with Crippen molar-refractivity contribution in [2.75, 3.05) is 5.32 Å². The molecule has 0 atom stereocenters. The topological polar surface area (TPSA) is 59.3 Å². The molecule has 0 unspecified atom stereocenters. The van der Waals surface area contributed by atoms with Crippen LogP contribution in [0.25, 0.3) is 16.2 Å². The van der Waals surface area contributed by atoms with Gasteiger partial charge in [-0.2, -0.15) is 4.98 Å². The molecule has 3 aromatic rings. The van der Waals surface area contributed by atoms with Crippen molar-refractivity contribution < 1.29 is 4.79 Å². The Bertz CT molecular complexity index is 774. The van der Waals surface area contributed by atoms with Gasteiger partial charge in [0.1, 0.15) is 0 Å². The van der Waals surface area contributed by atoms with Crippen LogP contribution in [-0.4, -0.2) is 20.5 Å². The number of hydrogen-bond donors (Lipinski definition) is 1. The van der Waals surface area contributed by atoms with Crippen LogP contribution in [0.2, 0.25) is 0 Å². The Morgan fingerprint density at radius 3 is 2.95 bits per heavy atom. The number of nitrogens with zero attached hydrogens (tertiary/aromatic N) is 3. The van der Waals surface area contributed by atoms with E-state index in [1.54, 1.807) is 15.9 Å². The molecule has 1 N–H and O–H groups in total. The monoisotopic (exact) mass is 284 g/mol. The maximum Gasteiger partial charge on any atom is 0.249 e. The van der Waals surface area contributed by atoms with Crippen LogP contribution in [-0.2, 0) is 4.79 Å². The second kappa shape index (κ2) is 4.42. The van der Waals surface area contributed by atoms with Gasteiger partial charge in [-0.1, -0.05) is 12.1 Å². The molecule has 0 aromatic carbocycles. The summed E-state index contributed by atoms with van der Waals surface area (Å²) in [6.07, 6.45) is 1.94. The zero-order valence-corrected chi connectivity index (χ0v) is 11.4. The molecule has 1 aliphatic rings. The Hall–Kier alpha value is -2.21. The van der Waals surface area contributed by atoms with Gasteiger partial charge in [0, 0.05) is 5.92 Å². The highest BCUT2D eigenvalue weighted by Crippen LogP contribution is 2.30. The maximum absolute atomic E-state index is 11.8. The van der Waals surface area contributed by atoms with Gasteiger partial charge in [-0.05, 0) is 36.4 Å². The average molecular weight is 284 g/mol. The number of hydrogen-bond acceptors (Lipinski definition) is 4. The van der Waals surface area contributed by atoms with E-state index in [4.69, 9.17) is 0 Å². The fourth-order valence-corrected chi connectivity index (χ4v) is 2.86. The van der Waals surface area contributed by atoms with E-state index < -0.39 is 0 Å². The van der Waals surface area contributed by atoms with Crippen LogP contribution >= 0.6 is 11.3 Å². The minimum absolute atomic E-state index is 0.0265. The van der Waals surface area contributed by atoms with Crippen molar-refractivity contribution in [3.05, 3.63) is 35.7 Å². The second-order valence-electron chi connectivity index (χ2n) is 4.86. The van der Waals surface area contributed by atoms with E-state index in [1.807, 2.05) is 35.7 Å². The molecule has 3 aromatic heterocycles. The van der Waals surface area contributed by atoms with Crippen molar-refractivity contribution in [3.63, 3.8) is 0 Å². The van der Waals surface area contributed by atoms with E-state index in [0.29, 0.717) is 5.95 Å². The standard InChI is InChI=1S/C14H12N4OS/c19-13(9-6-7-9)16-14-15-12-5-1-3-10(18(12)17-14)11-4-2-8-20-11/h1-5,8-9H,6-7H2,(H,16,17,19). The predicted octanol–water partition coefficient (Wildman–Crippen LogP) is 2.81. The molecule has 20 heavy (non-hydrogen) atoms. The Labute approximate surface area is 119 Å². The third-order valence-corrected chi connectivity index (χ3v) is 4.21. The lowest BCUT2D eigenvalue weighted by Crippen LogP contribution is -2.14. The SMILES string of the molecule is O=C(Nc1nc2cccc(-c3cccs3)n2n1)C1CC1. The first-order chi connectivity index (χ1) is 9.81. The number of carbonyl (C=O) groups excluding carboxylic acids is 1. The molecule has 1 aliphatic carbocycles. The number of fused-ring (bicyclic) bond motifs is 1. The minimum atomic E-state index is 0.0265. The third kappa shape index (κ3) is 1.98. The number of nitrogens with one attached hydrogen (secondary N) is 1. The summed E-state index contributed by atoms with van der Waals surface area (Å²) < 4.78 is 1.77. The zero-order valence-electron chi connectivity index (χ0n) is 10.6. The molecule has 0 saturated heterocycles. The number of amides is 1. The summed E-state index contributed by atoms with van der Waals surface area (Å²) >= 11 is 1.65. The van der Waals surface area contributed by atoms with E-state index in [1.165, 1.54) is 0 Å². The van der Waals surface area contributed by atoms with Gasteiger partial charge in [0.05, 0.1) is 10.6 Å². The van der Waals surface area contributed by atoms with Crippen molar-refractivity contribution >= 4 is 28.8 Å². The van der Waals surface area contributed by atoms with E-state index >= 15 is 0 Å². The van der Waals surface area contributed by atoms with Gasteiger partial charge in [-0.25, -0.2) is 4.52 Å². The largest absolute Gasteiger partial charge is 0.293 e. The first kappa shape index (κ1) is 11.6.